The number of Topliss-reactive ketones (excluding diaryl/α,β-unsaturated/α-hetero) is 1. The predicted molar refractivity (Wildman–Crippen MR) is 53.3 cm³/mol. The summed E-state index contributed by atoms with van der Waals surface area (Å²) >= 11 is 0. The van der Waals surface area contributed by atoms with E-state index in [2.05, 4.69) is 19.1 Å². The maximum atomic E-state index is 11.4. The largest absolute Gasteiger partial charge is 0.352 e. The lowest BCUT2D eigenvalue weighted by atomic mass is 9.77. The standard InChI is InChI=1S/C9H19BNO/c1-6(2)9(12)8(5)11-10-7(3)4/h6-8,11H,1-5H3. The van der Waals surface area contributed by atoms with Crippen molar-refractivity contribution in [2.24, 2.45) is 5.92 Å². The highest BCUT2D eigenvalue weighted by atomic mass is 16.1. The van der Waals surface area contributed by atoms with Gasteiger partial charge in [0.2, 0.25) is 7.41 Å². The third-order valence-electron chi connectivity index (χ3n) is 1.68. The van der Waals surface area contributed by atoms with Gasteiger partial charge in [0.1, 0.15) is 0 Å². The molecule has 0 fully saturated rings. The Kier molecular flexibility index (Phi) is 5.22. The first kappa shape index (κ1) is 11.7. The Morgan fingerprint density at radius 2 is 1.67 bits per heavy atom. The molecule has 0 aromatic heterocycles. The van der Waals surface area contributed by atoms with Gasteiger partial charge in [0.15, 0.2) is 5.78 Å². The van der Waals surface area contributed by atoms with Crippen molar-refractivity contribution >= 4 is 13.2 Å². The van der Waals surface area contributed by atoms with Crippen molar-refractivity contribution in [3.63, 3.8) is 0 Å². The van der Waals surface area contributed by atoms with Crippen LogP contribution in [0, 0.1) is 5.92 Å². The molecule has 0 rings (SSSR count). The van der Waals surface area contributed by atoms with Crippen LogP contribution in [0.15, 0.2) is 0 Å². The SMILES string of the molecule is CC(C)[B]NC(C)C(=O)C(C)C. The Balaban J connectivity index is 3.72. The second-order valence-electron chi connectivity index (χ2n) is 3.86. The van der Waals surface area contributed by atoms with Crippen LogP contribution in [0.3, 0.4) is 0 Å². The molecule has 0 aromatic rings. The number of rotatable bonds is 5. The lowest BCUT2D eigenvalue weighted by molar-refractivity contribution is -0.123. The van der Waals surface area contributed by atoms with Gasteiger partial charge in [0.25, 0.3) is 0 Å². The van der Waals surface area contributed by atoms with E-state index in [0.717, 1.165) is 0 Å². The number of nitrogens with one attached hydrogen (secondary N) is 1. The van der Waals surface area contributed by atoms with E-state index in [1.807, 2.05) is 28.2 Å². The van der Waals surface area contributed by atoms with Gasteiger partial charge in [-0.1, -0.05) is 33.5 Å². The number of hydrogen-bond acceptors (Lipinski definition) is 2. The lowest BCUT2D eigenvalue weighted by Crippen LogP contribution is -2.39. The van der Waals surface area contributed by atoms with Crippen LogP contribution in [0.25, 0.3) is 0 Å². The Bertz CT molecular complexity index is 145. The van der Waals surface area contributed by atoms with Gasteiger partial charge in [-0.05, 0) is 6.92 Å². The van der Waals surface area contributed by atoms with Crippen molar-refractivity contribution in [2.75, 3.05) is 0 Å². The van der Waals surface area contributed by atoms with Crippen molar-refractivity contribution in [1.29, 1.82) is 0 Å². The summed E-state index contributed by atoms with van der Waals surface area (Å²) in [4.78, 5) is 11.4. The van der Waals surface area contributed by atoms with Crippen molar-refractivity contribution in [1.82, 2.24) is 5.23 Å². The van der Waals surface area contributed by atoms with Crippen LogP contribution in [-0.4, -0.2) is 19.2 Å². The molecule has 3 heteroatoms. The number of hydrogen-bond donors (Lipinski definition) is 1. The average Bonchev–Trinajstić information content (AvgIpc) is 1.98. The fourth-order valence-electron chi connectivity index (χ4n) is 0.919. The monoisotopic (exact) mass is 168 g/mol. The van der Waals surface area contributed by atoms with E-state index in [9.17, 15) is 4.79 Å². The van der Waals surface area contributed by atoms with Crippen LogP contribution in [0.4, 0.5) is 0 Å². The van der Waals surface area contributed by atoms with E-state index in [-0.39, 0.29) is 17.7 Å². The molecule has 1 atom stereocenters. The highest BCUT2D eigenvalue weighted by Crippen LogP contribution is 2.00. The predicted octanol–water partition coefficient (Wildman–Crippen LogP) is 1.64. The fourth-order valence-corrected chi connectivity index (χ4v) is 0.919. The summed E-state index contributed by atoms with van der Waals surface area (Å²) in [7, 11) is 1.96. The van der Waals surface area contributed by atoms with E-state index in [1.165, 1.54) is 0 Å². The van der Waals surface area contributed by atoms with Crippen molar-refractivity contribution < 1.29 is 4.79 Å². The molecule has 0 aliphatic heterocycles. The molecule has 0 aliphatic carbocycles. The quantitative estimate of drug-likeness (QED) is 0.632. The Hall–Kier alpha value is -0.305. The third-order valence-corrected chi connectivity index (χ3v) is 1.68. The fraction of sp³-hybridized carbons (Fsp3) is 0.889. The molecule has 0 bridgehead atoms. The van der Waals surface area contributed by atoms with Gasteiger partial charge in [-0.2, -0.15) is 0 Å². The van der Waals surface area contributed by atoms with Crippen LogP contribution < -0.4 is 5.23 Å². The normalized spacial score (nSPS) is 13.6. The van der Waals surface area contributed by atoms with Crippen LogP contribution in [0.5, 0.6) is 0 Å². The Labute approximate surface area is 76.4 Å². The molecule has 0 saturated heterocycles. The van der Waals surface area contributed by atoms with E-state index in [1.54, 1.807) is 0 Å². The summed E-state index contributed by atoms with van der Waals surface area (Å²) in [5.41, 5.74) is 0. The van der Waals surface area contributed by atoms with Crippen LogP contribution in [0.1, 0.15) is 34.6 Å². The van der Waals surface area contributed by atoms with Gasteiger partial charge in [-0.3, -0.25) is 4.79 Å². The maximum Gasteiger partial charge on any atom is 0.208 e. The number of ketones is 1. The minimum atomic E-state index is -0.0487. The number of carbonyl (C=O) groups is 1. The van der Waals surface area contributed by atoms with Gasteiger partial charge in [-0.25, -0.2) is 0 Å². The minimum absolute atomic E-state index is 0.0487. The summed E-state index contributed by atoms with van der Waals surface area (Å²) in [6, 6.07) is -0.0487. The highest BCUT2D eigenvalue weighted by molar-refractivity contribution is 6.34. The third kappa shape index (κ3) is 4.55. The maximum absolute atomic E-state index is 11.4. The van der Waals surface area contributed by atoms with Gasteiger partial charge >= 0.3 is 0 Å². The zero-order valence-electron chi connectivity index (χ0n) is 8.72. The molecule has 0 aliphatic rings. The van der Waals surface area contributed by atoms with E-state index < -0.39 is 0 Å². The van der Waals surface area contributed by atoms with E-state index >= 15 is 0 Å². The average molecular weight is 168 g/mol. The molecule has 0 amide bonds. The molecule has 0 saturated carbocycles. The molecule has 1 radical (unpaired) electrons. The molecule has 1 unspecified atom stereocenters. The summed E-state index contributed by atoms with van der Waals surface area (Å²) in [6.45, 7) is 9.92. The first-order valence-electron chi connectivity index (χ1n) is 4.58. The van der Waals surface area contributed by atoms with Crippen LogP contribution >= 0.6 is 0 Å². The lowest BCUT2D eigenvalue weighted by Gasteiger charge is -2.15. The minimum Gasteiger partial charge on any atom is -0.352 e. The zero-order valence-corrected chi connectivity index (χ0v) is 8.72. The van der Waals surface area contributed by atoms with Crippen molar-refractivity contribution in [2.45, 2.75) is 46.5 Å². The van der Waals surface area contributed by atoms with Crippen LogP contribution in [-0.2, 0) is 4.79 Å². The molecule has 0 aromatic carbocycles. The van der Waals surface area contributed by atoms with E-state index in [4.69, 9.17) is 0 Å². The van der Waals surface area contributed by atoms with Gasteiger partial charge in [0.05, 0.1) is 6.04 Å². The second kappa shape index (κ2) is 5.36. The summed E-state index contributed by atoms with van der Waals surface area (Å²) in [6.07, 6.45) is 0. The molecule has 2 nitrogen and oxygen atoms in total. The topological polar surface area (TPSA) is 29.1 Å². The van der Waals surface area contributed by atoms with Gasteiger partial charge < -0.3 is 5.23 Å². The van der Waals surface area contributed by atoms with Gasteiger partial charge in [0, 0.05) is 5.92 Å². The summed E-state index contributed by atoms with van der Waals surface area (Å²) in [5.74, 6) is 0.868. The van der Waals surface area contributed by atoms with Gasteiger partial charge in [-0.15, -0.1) is 0 Å². The first-order valence-corrected chi connectivity index (χ1v) is 4.58. The van der Waals surface area contributed by atoms with Crippen LogP contribution in [0.2, 0.25) is 5.82 Å². The smallest absolute Gasteiger partial charge is 0.208 e. The molecule has 69 valence electrons. The molecule has 0 heterocycles. The van der Waals surface area contributed by atoms with Crippen molar-refractivity contribution in [3.8, 4) is 0 Å². The molecule has 12 heavy (non-hydrogen) atoms. The molecular formula is C9H19BNO. The number of carbonyl (C=O) groups excluding carboxylic acids is 1. The van der Waals surface area contributed by atoms with E-state index in [0.29, 0.717) is 5.82 Å². The molecular weight excluding hydrogens is 149 g/mol. The Morgan fingerprint density at radius 1 is 1.17 bits per heavy atom. The van der Waals surface area contributed by atoms with Crippen molar-refractivity contribution in [3.05, 3.63) is 0 Å². The second-order valence-corrected chi connectivity index (χ2v) is 3.86. The molecule has 1 N–H and O–H groups in total. The summed E-state index contributed by atoms with van der Waals surface area (Å²) in [5, 5.41) is 3.09. The Morgan fingerprint density at radius 3 is 2.00 bits per heavy atom. The molecule has 0 spiro atoms. The zero-order chi connectivity index (χ0) is 9.72. The summed E-state index contributed by atoms with van der Waals surface area (Å²) < 4.78 is 0. The first-order chi connectivity index (χ1) is 5.45. The highest BCUT2D eigenvalue weighted by Gasteiger charge is 2.15.